The van der Waals surface area contributed by atoms with Crippen molar-refractivity contribution in [3.05, 3.63) is 46.0 Å². The lowest BCUT2D eigenvalue weighted by atomic mass is 9.36. The Morgan fingerprint density at radius 3 is 2.29 bits per heavy atom. The molecule has 4 saturated carbocycles. The van der Waals surface area contributed by atoms with Gasteiger partial charge in [0.1, 0.15) is 12.4 Å². The van der Waals surface area contributed by atoms with Crippen molar-refractivity contribution < 1.29 is 24.2 Å². The smallest absolute Gasteiger partial charge is 0.307 e. The molecule has 0 saturated heterocycles. The Labute approximate surface area is 353 Å². The molecule has 0 aliphatic heterocycles. The Balaban J connectivity index is 1.30. The van der Waals surface area contributed by atoms with Crippen LogP contribution in [0.2, 0.25) is 5.02 Å². The number of carbonyl (C=O) groups excluding carboxylic acids is 3. The highest BCUT2D eigenvalue weighted by Gasteiger charge is 2.67. The van der Waals surface area contributed by atoms with Gasteiger partial charge >= 0.3 is 5.97 Å². The van der Waals surface area contributed by atoms with Gasteiger partial charge in [0.25, 0.3) is 0 Å². The molecule has 5 aliphatic carbocycles. The Morgan fingerprint density at radius 2 is 1.67 bits per heavy atom. The van der Waals surface area contributed by atoms with Gasteiger partial charge < -0.3 is 24.4 Å². The van der Waals surface area contributed by atoms with Crippen molar-refractivity contribution in [2.24, 2.45) is 66.9 Å². The normalized spacial score (nSPS) is 33.9. The Bertz CT molecular complexity index is 1800. The van der Waals surface area contributed by atoms with Crippen molar-refractivity contribution in [1.29, 1.82) is 0 Å². The van der Waals surface area contributed by atoms with Gasteiger partial charge in [0.2, 0.25) is 0 Å². The summed E-state index contributed by atoms with van der Waals surface area (Å²) in [7, 11) is 4.07. The average Bonchev–Trinajstić information content (AvgIpc) is 3.47. The number of ketones is 1. The minimum atomic E-state index is -0.789. The Hall–Kier alpha value is -2.88. The fourth-order valence-electron chi connectivity index (χ4n) is 13.5. The van der Waals surface area contributed by atoms with Crippen molar-refractivity contribution in [3.63, 3.8) is 0 Å². The van der Waals surface area contributed by atoms with E-state index in [2.05, 4.69) is 68.3 Å². The molecule has 9 atom stereocenters. The first kappa shape index (κ1) is 44.7. The minimum Gasteiger partial charge on any atom is -0.462 e. The fraction of sp³-hybridized carbons (Fsp3) is 0.729. The number of aldehydes is 1. The first-order chi connectivity index (χ1) is 27.1. The molecule has 6 rings (SSSR count). The van der Waals surface area contributed by atoms with Gasteiger partial charge in [-0.3, -0.25) is 9.59 Å². The zero-order chi connectivity index (χ0) is 42.6. The summed E-state index contributed by atoms with van der Waals surface area (Å²) in [6.45, 7) is 23.0. The lowest BCUT2D eigenvalue weighted by Gasteiger charge is -2.69. The van der Waals surface area contributed by atoms with Crippen molar-refractivity contribution in [2.75, 3.05) is 33.7 Å². The number of esters is 1. The predicted octanol–water partition coefficient (Wildman–Crippen LogP) is 9.04. The lowest BCUT2D eigenvalue weighted by Crippen LogP contribution is -2.63. The molecular formula is C48H71ClN4O5. The maximum atomic E-state index is 14.3. The van der Waals surface area contributed by atoms with Crippen LogP contribution in [0.5, 0.6) is 0 Å². The molecular weight excluding hydrogens is 748 g/mol. The molecule has 9 nitrogen and oxygen atoms in total. The summed E-state index contributed by atoms with van der Waals surface area (Å²) in [6.07, 6.45) is 8.21. The van der Waals surface area contributed by atoms with Gasteiger partial charge in [-0.2, -0.15) is 5.10 Å². The number of rotatable bonds is 13. The summed E-state index contributed by atoms with van der Waals surface area (Å²) in [4.78, 5) is 43.3. The summed E-state index contributed by atoms with van der Waals surface area (Å²) >= 11 is 6.28. The molecule has 0 heterocycles. The van der Waals surface area contributed by atoms with Crippen LogP contribution in [0, 0.1) is 56.7 Å². The number of amidine groups is 1. The van der Waals surface area contributed by atoms with Crippen LogP contribution in [-0.2, 0) is 19.1 Å². The number of ether oxygens (including phenoxy) is 1. The Kier molecular flexibility index (Phi) is 12.7. The van der Waals surface area contributed by atoms with Crippen LogP contribution >= 0.6 is 11.6 Å². The van der Waals surface area contributed by atoms with E-state index in [4.69, 9.17) is 16.3 Å². The minimum absolute atomic E-state index is 0.0750. The topological polar surface area (TPSA) is 112 Å². The standard InChI is InChI=1S/C48H71ClN4O5/c1-30(2)41-35(55)26-48(38(56)28-53(25-24-52(10)11)43(51-50-9)31-12-14-32(49)15-13-31)23-18-34-33(42(41)48)16-17-37-46(34,7)21-19-36-45(5,6)39(20-22-47(36,37)8)58-40(57)27-44(3,4)29-54/h12-15,29-30,33-34,36-39,56H,9,16-28H2,1-8,10-11H3/b51-43-/t33?,34?,36?,37?,38-,39?,46?,47?,48?/m0/s1. The molecule has 1 aromatic carbocycles. The molecule has 0 spiro atoms. The summed E-state index contributed by atoms with van der Waals surface area (Å²) in [5.74, 6) is 2.21. The van der Waals surface area contributed by atoms with Crippen molar-refractivity contribution >= 4 is 42.2 Å². The zero-order valence-electron chi connectivity index (χ0n) is 37.1. The number of Topliss-reactive ketones (excluding diaryl/α,β-unsaturated/α-hetero) is 1. The van der Waals surface area contributed by atoms with E-state index in [1.54, 1.807) is 13.8 Å². The first-order valence-corrected chi connectivity index (χ1v) is 22.3. The molecule has 320 valence electrons. The van der Waals surface area contributed by atoms with E-state index in [1.807, 2.05) is 38.4 Å². The van der Waals surface area contributed by atoms with E-state index in [0.717, 1.165) is 75.3 Å². The second-order valence-electron chi connectivity index (χ2n) is 21.2. The number of halogens is 1. The zero-order valence-corrected chi connectivity index (χ0v) is 37.8. The van der Waals surface area contributed by atoms with Gasteiger partial charge in [-0.25, -0.2) is 0 Å². The number of allylic oxidation sites excluding steroid dienone is 1. The Morgan fingerprint density at radius 1 is 1.00 bits per heavy atom. The van der Waals surface area contributed by atoms with E-state index < -0.39 is 16.9 Å². The highest BCUT2D eigenvalue weighted by Crippen LogP contribution is 2.73. The lowest BCUT2D eigenvalue weighted by molar-refractivity contribution is -0.214. The van der Waals surface area contributed by atoms with Crippen LogP contribution in [0.15, 0.2) is 45.6 Å². The third-order valence-corrected chi connectivity index (χ3v) is 16.4. The highest BCUT2D eigenvalue weighted by molar-refractivity contribution is 6.30. The van der Waals surface area contributed by atoms with Crippen LogP contribution in [0.1, 0.15) is 125 Å². The number of nitrogens with zero attached hydrogens (tertiary/aromatic N) is 4. The number of carbonyl (C=O) groups is 3. The van der Waals surface area contributed by atoms with E-state index in [0.29, 0.717) is 48.1 Å². The molecule has 0 radical (unpaired) electrons. The van der Waals surface area contributed by atoms with Crippen LogP contribution in [0.25, 0.3) is 0 Å². The summed E-state index contributed by atoms with van der Waals surface area (Å²) in [5.41, 5.74) is 1.68. The van der Waals surface area contributed by atoms with Gasteiger partial charge in [0.05, 0.1) is 12.5 Å². The van der Waals surface area contributed by atoms with Gasteiger partial charge in [0, 0.05) is 59.6 Å². The quantitative estimate of drug-likeness (QED) is 0.0696. The van der Waals surface area contributed by atoms with Crippen LogP contribution < -0.4 is 0 Å². The van der Waals surface area contributed by atoms with Crippen LogP contribution in [0.3, 0.4) is 0 Å². The summed E-state index contributed by atoms with van der Waals surface area (Å²) in [5, 5.41) is 21.9. The van der Waals surface area contributed by atoms with Crippen molar-refractivity contribution in [2.45, 2.75) is 132 Å². The van der Waals surface area contributed by atoms with Crippen LogP contribution in [-0.4, -0.2) is 91.4 Å². The maximum Gasteiger partial charge on any atom is 0.307 e. The van der Waals surface area contributed by atoms with E-state index in [9.17, 15) is 19.5 Å². The monoisotopic (exact) mass is 819 g/mol. The van der Waals surface area contributed by atoms with Gasteiger partial charge in [-0.15, -0.1) is 5.10 Å². The second-order valence-corrected chi connectivity index (χ2v) is 21.6. The number of likely N-dealkylation sites (N-methyl/N-ethyl adjacent to an activating group) is 1. The largest absolute Gasteiger partial charge is 0.462 e. The van der Waals surface area contributed by atoms with E-state index in [1.165, 1.54) is 5.57 Å². The molecule has 8 unspecified atom stereocenters. The van der Waals surface area contributed by atoms with Crippen LogP contribution in [0.4, 0.5) is 0 Å². The number of aliphatic hydroxyl groups is 1. The molecule has 10 heteroatoms. The van der Waals surface area contributed by atoms with Crippen molar-refractivity contribution in [3.8, 4) is 0 Å². The first-order valence-electron chi connectivity index (χ1n) is 22.0. The predicted molar refractivity (Wildman–Crippen MR) is 233 cm³/mol. The van der Waals surface area contributed by atoms with Gasteiger partial charge in [0.15, 0.2) is 11.6 Å². The maximum absolute atomic E-state index is 14.3. The number of hydrogen-bond donors (Lipinski definition) is 1. The number of fused-ring (bicyclic) bond motifs is 7. The molecule has 0 aromatic heterocycles. The molecule has 1 N–H and O–H groups in total. The third kappa shape index (κ3) is 7.90. The number of benzene rings is 1. The molecule has 4 fully saturated rings. The highest BCUT2D eigenvalue weighted by atomic mass is 35.5. The molecule has 0 bridgehead atoms. The molecule has 58 heavy (non-hydrogen) atoms. The molecule has 5 aliphatic rings. The SMILES string of the molecule is C=N/N=C(/c1ccc(Cl)cc1)N(CCN(C)C)C[C@H](O)C12CCC3C(CCC4C3(C)CCC3C(C)(C)C(OC(=O)CC(C)(C)C=O)CCC34C)C1=C(C(C)C)C(=O)C2. The summed E-state index contributed by atoms with van der Waals surface area (Å²) < 4.78 is 6.24. The average molecular weight is 820 g/mol. The van der Waals surface area contributed by atoms with Gasteiger partial charge in [-0.1, -0.05) is 72.6 Å². The number of aliphatic hydroxyl groups excluding tert-OH is 1. The molecule has 1 aromatic rings. The van der Waals surface area contributed by atoms with E-state index >= 15 is 0 Å². The summed E-state index contributed by atoms with van der Waals surface area (Å²) in [6, 6.07) is 7.53. The number of hydrogen-bond acceptors (Lipinski definition) is 8. The third-order valence-electron chi connectivity index (χ3n) is 16.2. The van der Waals surface area contributed by atoms with Crippen molar-refractivity contribution in [1.82, 2.24) is 9.80 Å². The van der Waals surface area contributed by atoms with E-state index in [-0.39, 0.29) is 52.4 Å². The fourth-order valence-corrected chi connectivity index (χ4v) is 13.7. The van der Waals surface area contributed by atoms with Gasteiger partial charge in [-0.05, 0) is 136 Å². The molecule has 0 amide bonds. The second kappa shape index (κ2) is 16.5.